The molecule has 2 aliphatic rings. The van der Waals surface area contributed by atoms with Gasteiger partial charge >= 0.3 is 5.69 Å². The average molecular weight is 482 g/mol. The van der Waals surface area contributed by atoms with Gasteiger partial charge in [0.1, 0.15) is 12.1 Å². The fourth-order valence-electron chi connectivity index (χ4n) is 5.49. The molecule has 2 fully saturated rings. The van der Waals surface area contributed by atoms with Crippen LogP contribution in [0, 0.1) is 5.92 Å². The molecule has 8 nitrogen and oxygen atoms in total. The van der Waals surface area contributed by atoms with Crippen LogP contribution in [0.15, 0.2) is 72.6 Å². The van der Waals surface area contributed by atoms with Crippen LogP contribution >= 0.6 is 0 Å². The minimum atomic E-state index is -0.0332. The SMILES string of the molecule is C=C(C)c1cccc(Nc2ncnc3ccc(-n4ccn(CCN5CC6CN(C)C6C5)c4=O)cc23)c1. The van der Waals surface area contributed by atoms with E-state index >= 15 is 0 Å². The van der Waals surface area contributed by atoms with E-state index in [2.05, 4.69) is 44.8 Å². The summed E-state index contributed by atoms with van der Waals surface area (Å²) in [5.74, 6) is 1.49. The number of aromatic nitrogens is 4. The molecular formula is C28H31N7O. The van der Waals surface area contributed by atoms with E-state index in [1.807, 2.05) is 55.7 Å². The van der Waals surface area contributed by atoms with Crippen LogP contribution in [-0.4, -0.2) is 68.2 Å². The first-order valence-electron chi connectivity index (χ1n) is 12.4. The summed E-state index contributed by atoms with van der Waals surface area (Å²) in [5, 5.41) is 4.27. The van der Waals surface area contributed by atoms with E-state index in [0.717, 1.165) is 59.0 Å². The summed E-state index contributed by atoms with van der Waals surface area (Å²) in [6, 6.07) is 14.6. The van der Waals surface area contributed by atoms with Gasteiger partial charge in [0.25, 0.3) is 0 Å². The van der Waals surface area contributed by atoms with Gasteiger partial charge in [-0.25, -0.2) is 14.8 Å². The first kappa shape index (κ1) is 22.7. The molecule has 4 aromatic rings. The van der Waals surface area contributed by atoms with Crippen molar-refractivity contribution in [1.29, 1.82) is 0 Å². The van der Waals surface area contributed by atoms with Gasteiger partial charge in [0, 0.05) is 68.2 Å². The van der Waals surface area contributed by atoms with Gasteiger partial charge in [-0.3, -0.25) is 14.0 Å². The number of anilines is 2. The molecule has 0 spiro atoms. The number of nitrogens with zero attached hydrogens (tertiary/aromatic N) is 6. The second-order valence-corrected chi connectivity index (χ2v) is 10.1. The standard InChI is InChI=1S/C28H31N7O/c1-19(2)20-5-4-6-22(13-20)31-27-24-14-23(7-8-25(24)29-18-30-27)35-12-11-34(28(35)36)10-9-33-16-21-15-32(3)26(21)17-33/h4-8,11-14,18,21,26H,1,9-10,15-17H2,2-3H3,(H,29,30,31). The van der Waals surface area contributed by atoms with E-state index in [-0.39, 0.29) is 5.69 Å². The molecule has 6 rings (SSSR count). The highest BCUT2D eigenvalue weighted by molar-refractivity contribution is 5.92. The maximum Gasteiger partial charge on any atom is 0.332 e. The van der Waals surface area contributed by atoms with Crippen molar-refractivity contribution in [3.8, 4) is 5.69 Å². The van der Waals surface area contributed by atoms with Gasteiger partial charge in [0.15, 0.2) is 0 Å². The number of fused-ring (bicyclic) bond motifs is 2. The molecule has 0 radical (unpaired) electrons. The summed E-state index contributed by atoms with van der Waals surface area (Å²) >= 11 is 0. The molecule has 2 aromatic heterocycles. The number of imidazole rings is 1. The zero-order valence-corrected chi connectivity index (χ0v) is 20.8. The van der Waals surface area contributed by atoms with E-state index in [1.165, 1.54) is 6.54 Å². The lowest BCUT2D eigenvalue weighted by atomic mass is 9.93. The fraction of sp³-hybridized carbons (Fsp3) is 0.321. The van der Waals surface area contributed by atoms with E-state index in [9.17, 15) is 4.79 Å². The Morgan fingerprint density at radius 2 is 1.97 bits per heavy atom. The Bertz CT molecular complexity index is 1500. The molecule has 36 heavy (non-hydrogen) atoms. The number of hydrogen-bond acceptors (Lipinski definition) is 6. The van der Waals surface area contributed by atoms with Crippen molar-refractivity contribution in [2.75, 3.05) is 38.5 Å². The summed E-state index contributed by atoms with van der Waals surface area (Å²) in [4.78, 5) is 27.0. The minimum absolute atomic E-state index is 0.0332. The van der Waals surface area contributed by atoms with Crippen molar-refractivity contribution in [3.63, 3.8) is 0 Å². The summed E-state index contributed by atoms with van der Waals surface area (Å²) in [6.07, 6.45) is 5.28. The van der Waals surface area contributed by atoms with Gasteiger partial charge in [-0.2, -0.15) is 0 Å². The Hall–Kier alpha value is -3.75. The van der Waals surface area contributed by atoms with Crippen molar-refractivity contribution in [1.82, 2.24) is 28.9 Å². The number of rotatable bonds is 7. The van der Waals surface area contributed by atoms with Gasteiger partial charge in [0.2, 0.25) is 0 Å². The zero-order chi connectivity index (χ0) is 24.8. The molecule has 8 heteroatoms. The van der Waals surface area contributed by atoms with E-state index in [1.54, 1.807) is 15.5 Å². The predicted octanol–water partition coefficient (Wildman–Crippen LogP) is 3.60. The molecule has 2 atom stereocenters. The van der Waals surface area contributed by atoms with Crippen LogP contribution in [0.5, 0.6) is 0 Å². The monoisotopic (exact) mass is 481 g/mol. The van der Waals surface area contributed by atoms with Gasteiger partial charge in [-0.15, -0.1) is 0 Å². The number of likely N-dealkylation sites (tertiary alicyclic amines) is 2. The molecule has 4 heterocycles. The first-order valence-corrected chi connectivity index (χ1v) is 12.4. The van der Waals surface area contributed by atoms with Gasteiger partial charge in [0.05, 0.1) is 11.2 Å². The maximum absolute atomic E-state index is 13.2. The third kappa shape index (κ3) is 4.12. The Balaban J connectivity index is 1.24. The second kappa shape index (κ2) is 9.04. The smallest absolute Gasteiger partial charge is 0.332 e. The lowest BCUT2D eigenvalue weighted by molar-refractivity contribution is 0.0825. The molecule has 2 aliphatic heterocycles. The third-order valence-electron chi connectivity index (χ3n) is 7.59. The van der Waals surface area contributed by atoms with E-state index in [0.29, 0.717) is 18.4 Å². The van der Waals surface area contributed by atoms with Gasteiger partial charge < -0.3 is 10.2 Å². The number of nitrogens with one attached hydrogen (secondary N) is 1. The predicted molar refractivity (Wildman–Crippen MR) is 144 cm³/mol. The molecule has 2 saturated heterocycles. The zero-order valence-electron chi connectivity index (χ0n) is 20.8. The molecular weight excluding hydrogens is 450 g/mol. The normalized spacial score (nSPS) is 19.8. The Kier molecular flexibility index (Phi) is 5.70. The highest BCUT2D eigenvalue weighted by Gasteiger charge is 2.43. The molecule has 2 unspecified atom stereocenters. The molecule has 0 amide bonds. The van der Waals surface area contributed by atoms with Crippen LogP contribution in [0.1, 0.15) is 12.5 Å². The van der Waals surface area contributed by atoms with Crippen LogP contribution in [-0.2, 0) is 6.54 Å². The summed E-state index contributed by atoms with van der Waals surface area (Å²) < 4.78 is 3.50. The van der Waals surface area contributed by atoms with Crippen molar-refractivity contribution in [3.05, 3.63) is 83.8 Å². The van der Waals surface area contributed by atoms with E-state index in [4.69, 9.17) is 0 Å². The lowest BCUT2D eigenvalue weighted by Gasteiger charge is -2.40. The Labute approximate surface area is 210 Å². The molecule has 0 bridgehead atoms. The molecule has 2 aromatic carbocycles. The Morgan fingerprint density at radius 3 is 2.78 bits per heavy atom. The van der Waals surface area contributed by atoms with Crippen LogP contribution < -0.4 is 11.0 Å². The first-order chi connectivity index (χ1) is 17.5. The molecule has 1 N–H and O–H groups in total. The van der Waals surface area contributed by atoms with Crippen molar-refractivity contribution in [2.24, 2.45) is 5.92 Å². The number of benzene rings is 2. The topological polar surface area (TPSA) is 71.2 Å². The minimum Gasteiger partial charge on any atom is -0.340 e. The van der Waals surface area contributed by atoms with E-state index < -0.39 is 0 Å². The quantitative estimate of drug-likeness (QED) is 0.435. The lowest BCUT2D eigenvalue weighted by Crippen LogP contribution is -2.52. The number of likely N-dealkylation sites (N-methyl/N-ethyl adjacent to an activating group) is 1. The largest absolute Gasteiger partial charge is 0.340 e. The third-order valence-corrected chi connectivity index (χ3v) is 7.59. The Morgan fingerprint density at radius 1 is 1.08 bits per heavy atom. The molecule has 0 saturated carbocycles. The van der Waals surface area contributed by atoms with Gasteiger partial charge in [-0.1, -0.05) is 24.3 Å². The average Bonchev–Trinajstić information content (AvgIpc) is 3.41. The number of allylic oxidation sites excluding steroid dienone is 1. The van der Waals surface area contributed by atoms with Crippen molar-refractivity contribution < 1.29 is 0 Å². The highest BCUT2D eigenvalue weighted by Crippen LogP contribution is 2.30. The van der Waals surface area contributed by atoms with Crippen LogP contribution in [0.2, 0.25) is 0 Å². The van der Waals surface area contributed by atoms with Crippen molar-refractivity contribution in [2.45, 2.75) is 19.5 Å². The maximum atomic E-state index is 13.2. The fourth-order valence-corrected chi connectivity index (χ4v) is 5.49. The van der Waals surface area contributed by atoms with Crippen molar-refractivity contribution >= 4 is 28.0 Å². The van der Waals surface area contributed by atoms with Gasteiger partial charge in [-0.05, 0) is 49.9 Å². The van der Waals surface area contributed by atoms with Crippen LogP contribution in [0.4, 0.5) is 11.5 Å². The second-order valence-electron chi connectivity index (χ2n) is 10.1. The van der Waals surface area contributed by atoms with Crippen LogP contribution in [0.3, 0.4) is 0 Å². The molecule has 184 valence electrons. The highest BCUT2D eigenvalue weighted by atomic mass is 16.1. The molecule has 0 aliphatic carbocycles. The summed E-state index contributed by atoms with van der Waals surface area (Å²) in [5.41, 5.74) is 4.57. The summed E-state index contributed by atoms with van der Waals surface area (Å²) in [7, 11) is 2.20. The van der Waals surface area contributed by atoms with Crippen LogP contribution in [0.25, 0.3) is 22.2 Å². The number of hydrogen-bond donors (Lipinski definition) is 1. The summed E-state index contributed by atoms with van der Waals surface area (Å²) in [6.45, 7) is 11.0.